The van der Waals surface area contributed by atoms with Crippen LogP contribution < -0.4 is 5.32 Å². The van der Waals surface area contributed by atoms with Gasteiger partial charge in [0.15, 0.2) is 0 Å². The van der Waals surface area contributed by atoms with Gasteiger partial charge in [-0.15, -0.1) is 11.3 Å². The second-order valence-electron chi connectivity index (χ2n) is 4.68. The monoisotopic (exact) mass is 376 g/mol. The number of halogens is 3. The van der Waals surface area contributed by atoms with Gasteiger partial charge in [0.25, 0.3) is 0 Å². The SMILES string of the molecule is CCN(CC(=O)Nc1cc(Cl)c(Cl)cc1Cl)Cc1cccs1. The molecule has 0 fully saturated rings. The molecule has 0 radical (unpaired) electrons. The Morgan fingerprint density at radius 3 is 2.59 bits per heavy atom. The number of carbonyl (C=O) groups is 1. The number of thiophene rings is 1. The molecule has 0 atom stereocenters. The smallest absolute Gasteiger partial charge is 0.238 e. The lowest BCUT2D eigenvalue weighted by atomic mass is 10.3. The van der Waals surface area contributed by atoms with Gasteiger partial charge in [0.05, 0.1) is 27.3 Å². The number of likely N-dealkylation sites (N-methyl/N-ethyl adjacent to an activating group) is 1. The van der Waals surface area contributed by atoms with Crippen molar-refractivity contribution in [3.8, 4) is 0 Å². The normalized spacial score (nSPS) is 11.0. The van der Waals surface area contributed by atoms with E-state index in [-0.39, 0.29) is 12.5 Å². The molecule has 118 valence electrons. The van der Waals surface area contributed by atoms with Crippen molar-refractivity contribution >= 4 is 57.7 Å². The molecule has 1 N–H and O–H groups in total. The van der Waals surface area contributed by atoms with Crippen molar-refractivity contribution in [2.45, 2.75) is 13.5 Å². The van der Waals surface area contributed by atoms with Crippen molar-refractivity contribution in [3.05, 3.63) is 49.6 Å². The molecule has 0 aliphatic rings. The van der Waals surface area contributed by atoms with Gasteiger partial charge < -0.3 is 5.32 Å². The molecule has 7 heteroatoms. The molecule has 1 aromatic heterocycles. The zero-order chi connectivity index (χ0) is 16.1. The molecule has 0 saturated carbocycles. The van der Waals surface area contributed by atoms with Crippen LogP contribution in [0.15, 0.2) is 29.6 Å². The molecule has 3 nitrogen and oxygen atoms in total. The zero-order valence-electron chi connectivity index (χ0n) is 11.9. The minimum Gasteiger partial charge on any atom is -0.324 e. The Morgan fingerprint density at radius 2 is 1.95 bits per heavy atom. The Bertz CT molecular complexity index is 646. The van der Waals surface area contributed by atoms with Crippen LogP contribution in [-0.2, 0) is 11.3 Å². The summed E-state index contributed by atoms with van der Waals surface area (Å²) >= 11 is 19.6. The van der Waals surface area contributed by atoms with E-state index in [1.165, 1.54) is 10.9 Å². The first-order chi connectivity index (χ1) is 10.5. The largest absolute Gasteiger partial charge is 0.324 e. The van der Waals surface area contributed by atoms with Gasteiger partial charge >= 0.3 is 0 Å². The number of benzene rings is 1. The molecular formula is C15H15Cl3N2OS. The Labute approximate surface area is 148 Å². The molecule has 1 heterocycles. The van der Waals surface area contributed by atoms with Gasteiger partial charge in [-0.3, -0.25) is 9.69 Å². The van der Waals surface area contributed by atoms with Gasteiger partial charge in [0.2, 0.25) is 5.91 Å². The van der Waals surface area contributed by atoms with Crippen molar-refractivity contribution in [2.24, 2.45) is 0 Å². The molecule has 0 bridgehead atoms. The van der Waals surface area contributed by atoms with Crippen molar-refractivity contribution in [3.63, 3.8) is 0 Å². The minimum absolute atomic E-state index is 0.140. The van der Waals surface area contributed by atoms with Crippen LogP contribution in [0, 0.1) is 0 Å². The summed E-state index contributed by atoms with van der Waals surface area (Å²) in [6, 6.07) is 7.13. The zero-order valence-corrected chi connectivity index (χ0v) is 15.0. The van der Waals surface area contributed by atoms with E-state index in [9.17, 15) is 4.79 Å². The van der Waals surface area contributed by atoms with E-state index < -0.39 is 0 Å². The highest BCUT2D eigenvalue weighted by Gasteiger charge is 2.13. The number of amides is 1. The average molecular weight is 378 g/mol. The fourth-order valence-electron chi connectivity index (χ4n) is 1.91. The summed E-state index contributed by atoms with van der Waals surface area (Å²) in [5.74, 6) is -0.140. The van der Waals surface area contributed by atoms with Crippen LogP contribution in [0.5, 0.6) is 0 Å². The molecule has 2 aromatic rings. The molecule has 1 aromatic carbocycles. The van der Waals surface area contributed by atoms with E-state index in [1.54, 1.807) is 17.4 Å². The topological polar surface area (TPSA) is 32.3 Å². The van der Waals surface area contributed by atoms with Gasteiger partial charge in [0, 0.05) is 11.4 Å². The molecule has 0 unspecified atom stereocenters. The van der Waals surface area contributed by atoms with E-state index >= 15 is 0 Å². The molecule has 0 aliphatic heterocycles. The van der Waals surface area contributed by atoms with Crippen molar-refractivity contribution in [2.75, 3.05) is 18.4 Å². The molecule has 0 aliphatic carbocycles. The van der Waals surface area contributed by atoms with Crippen LogP contribution in [0.4, 0.5) is 5.69 Å². The van der Waals surface area contributed by atoms with E-state index in [2.05, 4.69) is 11.4 Å². The van der Waals surface area contributed by atoms with Gasteiger partial charge in [-0.25, -0.2) is 0 Å². The lowest BCUT2D eigenvalue weighted by Gasteiger charge is -2.19. The first-order valence-corrected chi connectivity index (χ1v) is 8.70. The standard InChI is InChI=1S/C15H15Cl3N2OS/c1-2-20(8-10-4-3-5-22-10)9-15(21)19-14-7-12(17)11(16)6-13(14)18/h3-7H,2,8-9H2,1H3,(H,19,21). The highest BCUT2D eigenvalue weighted by Crippen LogP contribution is 2.32. The maximum Gasteiger partial charge on any atom is 0.238 e. The third kappa shape index (κ3) is 4.86. The molecule has 0 spiro atoms. The quantitative estimate of drug-likeness (QED) is 0.704. The Hall–Kier alpha value is -0.780. The number of nitrogens with one attached hydrogen (secondary N) is 1. The predicted molar refractivity (Wildman–Crippen MR) is 95.4 cm³/mol. The molecule has 2 rings (SSSR count). The van der Waals surface area contributed by atoms with Crippen LogP contribution in [-0.4, -0.2) is 23.9 Å². The van der Waals surface area contributed by atoms with E-state index in [0.717, 1.165) is 13.1 Å². The summed E-state index contributed by atoms with van der Waals surface area (Å²) in [4.78, 5) is 15.4. The first kappa shape index (κ1) is 17.6. The summed E-state index contributed by atoms with van der Waals surface area (Å²) in [7, 11) is 0. The Kier molecular flexibility index (Phi) is 6.53. The number of hydrogen-bond acceptors (Lipinski definition) is 3. The number of hydrogen-bond donors (Lipinski definition) is 1. The second kappa shape index (κ2) is 8.18. The number of anilines is 1. The lowest BCUT2D eigenvalue weighted by Crippen LogP contribution is -2.32. The summed E-state index contributed by atoms with van der Waals surface area (Å²) in [6.07, 6.45) is 0. The molecule has 22 heavy (non-hydrogen) atoms. The first-order valence-electron chi connectivity index (χ1n) is 6.68. The number of carbonyl (C=O) groups excluding carboxylic acids is 1. The minimum atomic E-state index is -0.140. The maximum absolute atomic E-state index is 12.2. The third-order valence-corrected chi connectivity index (χ3v) is 4.95. The van der Waals surface area contributed by atoms with E-state index in [0.29, 0.717) is 20.8 Å². The fourth-order valence-corrected chi connectivity index (χ4v) is 3.25. The highest BCUT2D eigenvalue weighted by molar-refractivity contribution is 7.09. The van der Waals surface area contributed by atoms with Gasteiger partial charge in [0.1, 0.15) is 0 Å². The lowest BCUT2D eigenvalue weighted by molar-refractivity contribution is -0.117. The number of nitrogens with zero attached hydrogens (tertiary/aromatic N) is 1. The summed E-state index contributed by atoms with van der Waals surface area (Å²) in [5.41, 5.74) is 0.466. The van der Waals surface area contributed by atoms with Crippen molar-refractivity contribution in [1.82, 2.24) is 4.90 Å². The summed E-state index contributed by atoms with van der Waals surface area (Å²) < 4.78 is 0. The van der Waals surface area contributed by atoms with Crippen LogP contribution >= 0.6 is 46.1 Å². The van der Waals surface area contributed by atoms with Crippen LogP contribution in [0.2, 0.25) is 15.1 Å². The predicted octanol–water partition coefficient (Wildman–Crippen LogP) is 5.17. The Balaban J connectivity index is 1.98. The van der Waals surface area contributed by atoms with Crippen LogP contribution in [0.1, 0.15) is 11.8 Å². The molecule has 1 amide bonds. The summed E-state index contributed by atoms with van der Waals surface area (Å²) in [6.45, 7) is 3.83. The summed E-state index contributed by atoms with van der Waals surface area (Å²) in [5, 5.41) is 5.87. The second-order valence-corrected chi connectivity index (χ2v) is 6.93. The van der Waals surface area contributed by atoms with Gasteiger partial charge in [-0.1, -0.05) is 47.8 Å². The van der Waals surface area contributed by atoms with E-state index in [4.69, 9.17) is 34.8 Å². The molecular weight excluding hydrogens is 363 g/mol. The average Bonchev–Trinajstić information content (AvgIpc) is 2.97. The fraction of sp³-hybridized carbons (Fsp3) is 0.267. The maximum atomic E-state index is 12.2. The Morgan fingerprint density at radius 1 is 1.23 bits per heavy atom. The highest BCUT2D eigenvalue weighted by atomic mass is 35.5. The van der Waals surface area contributed by atoms with Crippen LogP contribution in [0.3, 0.4) is 0 Å². The van der Waals surface area contributed by atoms with Crippen LogP contribution in [0.25, 0.3) is 0 Å². The van der Waals surface area contributed by atoms with E-state index in [1.807, 2.05) is 23.3 Å². The van der Waals surface area contributed by atoms with Crippen molar-refractivity contribution in [1.29, 1.82) is 0 Å². The third-order valence-electron chi connectivity index (χ3n) is 3.06. The van der Waals surface area contributed by atoms with Crippen molar-refractivity contribution < 1.29 is 4.79 Å². The van der Waals surface area contributed by atoms with Gasteiger partial charge in [-0.2, -0.15) is 0 Å². The number of rotatable bonds is 6. The van der Waals surface area contributed by atoms with Gasteiger partial charge in [-0.05, 0) is 30.1 Å². The molecule has 0 saturated heterocycles.